The van der Waals surface area contributed by atoms with E-state index >= 15 is 0 Å². The van der Waals surface area contributed by atoms with Crippen molar-refractivity contribution in [3.8, 4) is 12.1 Å². The molecule has 0 aromatic carbocycles. The highest BCUT2D eigenvalue weighted by Crippen LogP contribution is 2.38. The number of methoxy groups -OCH3 is 2. The van der Waals surface area contributed by atoms with Gasteiger partial charge in [-0.25, -0.2) is 9.78 Å². The highest BCUT2D eigenvalue weighted by Gasteiger charge is 2.37. The maximum atomic E-state index is 12.9. The minimum absolute atomic E-state index is 0.0207. The van der Waals surface area contributed by atoms with Gasteiger partial charge in [0.05, 0.1) is 22.6 Å². The lowest BCUT2D eigenvalue weighted by Crippen LogP contribution is -2.43. The number of carboxylic acids is 1. The number of nitrogens with two attached hydrogens (primary N) is 1. The largest absolute Gasteiger partial charge is 0.477 e. The molecule has 6 aliphatic rings. The minimum atomic E-state index is -1.14. The number of carboxylic acid groups (broad SMARTS) is 1. The number of rotatable bonds is 12. The van der Waals surface area contributed by atoms with E-state index in [4.69, 9.17) is 15.2 Å². The molecule has 16 heteroatoms. The summed E-state index contributed by atoms with van der Waals surface area (Å²) in [6.45, 7) is 14.4. The van der Waals surface area contributed by atoms with Crippen LogP contribution in [-0.2, 0) is 31.9 Å². The summed E-state index contributed by atoms with van der Waals surface area (Å²) in [5.41, 5.74) is 9.61. The monoisotopic (exact) mass is 892 g/mol. The van der Waals surface area contributed by atoms with Crippen molar-refractivity contribution in [3.05, 3.63) is 69.3 Å². The summed E-state index contributed by atoms with van der Waals surface area (Å²) in [5.74, 6) is -1.55. The van der Waals surface area contributed by atoms with Gasteiger partial charge in [0.2, 0.25) is 0 Å². The van der Waals surface area contributed by atoms with Crippen LogP contribution in [0.3, 0.4) is 0 Å². The van der Waals surface area contributed by atoms with Gasteiger partial charge in [-0.1, -0.05) is 0 Å². The summed E-state index contributed by atoms with van der Waals surface area (Å²) < 4.78 is 11.2. The number of hydrogen-bond acceptors (Lipinski definition) is 15. The van der Waals surface area contributed by atoms with Crippen molar-refractivity contribution in [2.24, 2.45) is 5.73 Å². The molecule has 4 aliphatic heterocycles. The molecule has 0 saturated carbocycles. The number of allylic oxidation sites excluding steroid dienone is 2. The number of nitriles is 2. The van der Waals surface area contributed by atoms with Crippen LogP contribution in [0.2, 0.25) is 0 Å². The fraction of sp³-hybridized carbons (Fsp3) is 0.592. The van der Waals surface area contributed by atoms with Gasteiger partial charge in [0.1, 0.15) is 34.7 Å². The molecule has 348 valence electrons. The normalized spacial score (nSPS) is 20.5. The lowest BCUT2D eigenvalue weighted by Gasteiger charge is -2.41. The van der Waals surface area contributed by atoms with E-state index in [1.807, 2.05) is 17.9 Å². The molecule has 2 aromatic heterocycles. The Balaban J connectivity index is 0.000000188. The molecule has 6 heterocycles. The zero-order chi connectivity index (χ0) is 46.7. The van der Waals surface area contributed by atoms with Crippen molar-refractivity contribution in [1.29, 1.82) is 10.5 Å². The van der Waals surface area contributed by atoms with E-state index in [9.17, 15) is 34.8 Å². The number of likely N-dealkylation sites (tertiary alicyclic amines) is 4. The third-order valence-corrected chi connectivity index (χ3v) is 13.9. The standard InChI is InChI=1S/C25H32N4O3.C18H19N3O4.C6H14N2/c1-25(32-2)7-12-29(13-8-25)24-19-15-21(22(30)6-5-11-28-9-3-4-10-28)27-17-18(19)14-23(31)20(24)16-26;1-18(25-2)3-5-21(6-4-18)16-12-8-14(17(23)24)20-10-11(12)7-15(22)13(16)9-19;7-3-6-8-4-1-2-5-8/h15,17H,3-14H2,1-2H3;8,10H,3-7H2,1-2H3,(H,23,24);1-7H2. The number of fused-ring (bicyclic) bond motifs is 2. The molecule has 0 radical (unpaired) electrons. The van der Waals surface area contributed by atoms with Crippen LogP contribution in [0.1, 0.15) is 121 Å². The molecule has 0 bridgehead atoms. The topological polar surface area (TPSA) is 219 Å². The summed E-state index contributed by atoms with van der Waals surface area (Å²) in [6, 6.07) is 7.41. The second kappa shape index (κ2) is 22.2. The van der Waals surface area contributed by atoms with Crippen LogP contribution in [0.5, 0.6) is 0 Å². The molecule has 16 nitrogen and oxygen atoms in total. The molecule has 4 saturated heterocycles. The number of Topliss-reactive ketones (excluding diaryl/α,β-unsaturated/α-hetero) is 3. The van der Waals surface area contributed by atoms with Gasteiger partial charge in [-0.05, 0) is 128 Å². The summed E-state index contributed by atoms with van der Waals surface area (Å²) in [6.07, 6.45) is 13.0. The Bertz CT molecular complexity index is 2230. The molecule has 2 aromatic rings. The fourth-order valence-corrected chi connectivity index (χ4v) is 9.50. The van der Waals surface area contributed by atoms with E-state index in [1.54, 1.807) is 26.5 Å². The molecule has 0 atom stereocenters. The SMILES string of the molecule is COC1(C)CCN(C2=C(C#N)C(=O)Cc3cnc(C(=O)CCCN4CCCC4)cc32)CC1.COC1(C)CCN(C2=C(C#N)C(=O)Cc3cnc(C(=O)O)cc32)CC1.NCCN1CCCC1. The van der Waals surface area contributed by atoms with Crippen molar-refractivity contribution < 1.29 is 33.8 Å². The molecule has 4 fully saturated rings. The first-order valence-electron chi connectivity index (χ1n) is 23.1. The van der Waals surface area contributed by atoms with E-state index in [2.05, 4.69) is 37.7 Å². The number of ether oxygens (including phenoxy) is 2. The van der Waals surface area contributed by atoms with Gasteiger partial charge >= 0.3 is 5.97 Å². The number of pyridine rings is 2. The summed E-state index contributed by atoms with van der Waals surface area (Å²) in [4.78, 5) is 66.4. The van der Waals surface area contributed by atoms with Crippen molar-refractivity contribution in [1.82, 2.24) is 29.6 Å². The molecule has 0 unspecified atom stereocenters. The summed E-state index contributed by atoms with van der Waals surface area (Å²) in [7, 11) is 3.40. The van der Waals surface area contributed by atoms with Crippen molar-refractivity contribution in [3.63, 3.8) is 0 Å². The van der Waals surface area contributed by atoms with Crippen molar-refractivity contribution in [2.45, 2.75) is 102 Å². The number of carbonyl (C=O) groups excluding carboxylic acids is 3. The van der Waals surface area contributed by atoms with Gasteiger partial charge < -0.3 is 39.9 Å². The summed E-state index contributed by atoms with van der Waals surface area (Å²) in [5, 5.41) is 28.5. The second-order valence-corrected chi connectivity index (χ2v) is 18.3. The average Bonchev–Trinajstić information content (AvgIpc) is 4.04. The quantitative estimate of drug-likeness (QED) is 0.276. The molecule has 2 aliphatic carbocycles. The first-order valence-corrected chi connectivity index (χ1v) is 23.1. The number of carbonyl (C=O) groups is 4. The van der Waals surface area contributed by atoms with Crippen LogP contribution >= 0.6 is 0 Å². The zero-order valence-electron chi connectivity index (χ0n) is 38.6. The van der Waals surface area contributed by atoms with E-state index < -0.39 is 5.97 Å². The van der Waals surface area contributed by atoms with Gasteiger partial charge in [0.25, 0.3) is 0 Å². The molecular formula is C49H65N9O7. The molecule has 65 heavy (non-hydrogen) atoms. The molecular weight excluding hydrogens is 827 g/mol. The van der Waals surface area contributed by atoms with Gasteiger partial charge in [-0.2, -0.15) is 10.5 Å². The minimum Gasteiger partial charge on any atom is -0.477 e. The molecule has 8 rings (SSSR count). The molecule has 0 amide bonds. The third-order valence-electron chi connectivity index (χ3n) is 13.9. The highest BCUT2D eigenvalue weighted by atomic mass is 16.5. The van der Waals surface area contributed by atoms with Crippen LogP contribution in [0, 0.1) is 22.7 Å². The van der Waals surface area contributed by atoms with Crippen LogP contribution in [0.15, 0.2) is 35.7 Å². The lowest BCUT2D eigenvalue weighted by molar-refractivity contribution is -0.115. The number of nitrogens with zero attached hydrogens (tertiary/aromatic N) is 8. The Morgan fingerprint density at radius 2 is 1.12 bits per heavy atom. The van der Waals surface area contributed by atoms with E-state index in [-0.39, 0.29) is 58.2 Å². The van der Waals surface area contributed by atoms with Crippen LogP contribution < -0.4 is 5.73 Å². The van der Waals surface area contributed by atoms with Crippen molar-refractivity contribution >= 4 is 34.7 Å². The zero-order valence-corrected chi connectivity index (χ0v) is 38.6. The molecule has 3 N–H and O–H groups in total. The first kappa shape index (κ1) is 49.1. The van der Waals surface area contributed by atoms with E-state index in [0.717, 1.165) is 76.0 Å². The van der Waals surface area contributed by atoms with Crippen molar-refractivity contribution in [2.75, 3.05) is 86.2 Å². The Morgan fingerprint density at radius 1 is 0.708 bits per heavy atom. The lowest BCUT2D eigenvalue weighted by atomic mass is 9.86. The van der Waals surface area contributed by atoms with Gasteiger partial charge in [-0.15, -0.1) is 0 Å². The predicted molar refractivity (Wildman–Crippen MR) is 244 cm³/mol. The Kier molecular flexibility index (Phi) is 16.8. The van der Waals surface area contributed by atoms with E-state index in [0.29, 0.717) is 60.8 Å². The van der Waals surface area contributed by atoms with Gasteiger partial charge in [0.15, 0.2) is 17.3 Å². The Morgan fingerprint density at radius 3 is 1.52 bits per heavy atom. The Labute approximate surface area is 383 Å². The first-order chi connectivity index (χ1) is 31.2. The van der Waals surface area contributed by atoms with Crippen LogP contribution in [0.25, 0.3) is 11.4 Å². The predicted octanol–water partition coefficient (Wildman–Crippen LogP) is 4.68. The van der Waals surface area contributed by atoms with Crippen LogP contribution in [0.4, 0.5) is 0 Å². The van der Waals surface area contributed by atoms with Gasteiger partial charge in [-0.3, -0.25) is 19.4 Å². The highest BCUT2D eigenvalue weighted by molar-refractivity contribution is 6.11. The van der Waals surface area contributed by atoms with E-state index in [1.165, 1.54) is 51.0 Å². The fourth-order valence-electron chi connectivity index (χ4n) is 9.50. The number of aromatic carboxylic acids is 1. The maximum Gasteiger partial charge on any atom is 0.354 e. The number of piperidine rings is 2. The average molecular weight is 892 g/mol. The summed E-state index contributed by atoms with van der Waals surface area (Å²) >= 11 is 0. The van der Waals surface area contributed by atoms with Crippen LogP contribution in [-0.4, -0.2) is 155 Å². The third kappa shape index (κ3) is 11.9. The number of aromatic nitrogens is 2. The smallest absolute Gasteiger partial charge is 0.354 e. The van der Waals surface area contributed by atoms with Gasteiger partial charge in [0, 0.05) is 96.3 Å². The number of ketones is 3. The maximum absolute atomic E-state index is 12.9. The number of hydrogen-bond donors (Lipinski definition) is 2. The molecule has 0 spiro atoms. The second-order valence-electron chi connectivity index (χ2n) is 18.3. The Hall–Kier alpha value is -5.36.